The second-order valence-corrected chi connectivity index (χ2v) is 6.98. The average Bonchev–Trinajstić information content (AvgIpc) is 3.04. The number of H-pyrrole nitrogens is 1. The number of furan rings is 1. The highest BCUT2D eigenvalue weighted by atomic mass is 79.9. The Morgan fingerprint density at radius 2 is 2.00 bits per heavy atom. The Morgan fingerprint density at radius 3 is 2.81 bits per heavy atom. The molecule has 0 aliphatic carbocycles. The van der Waals surface area contributed by atoms with E-state index in [0.29, 0.717) is 28.4 Å². The molecule has 4 aromatic rings. The molecule has 1 amide bonds. The van der Waals surface area contributed by atoms with E-state index in [4.69, 9.17) is 4.42 Å². The Kier molecular flexibility index (Phi) is 4.37. The Bertz CT molecular complexity index is 1230. The van der Waals surface area contributed by atoms with Gasteiger partial charge in [-0.25, -0.2) is 4.98 Å². The van der Waals surface area contributed by atoms with Crippen LogP contribution in [0.1, 0.15) is 16.2 Å². The molecular weight excluding hydrogens is 410 g/mol. The second-order valence-electron chi connectivity index (χ2n) is 6.06. The maximum absolute atomic E-state index is 12.5. The maximum atomic E-state index is 12.5. The molecule has 134 valence electrons. The zero-order chi connectivity index (χ0) is 19.0. The van der Waals surface area contributed by atoms with Gasteiger partial charge in [-0.3, -0.25) is 9.59 Å². The summed E-state index contributed by atoms with van der Waals surface area (Å²) in [6.45, 7) is 1.75. The minimum absolute atomic E-state index is 0.218. The van der Waals surface area contributed by atoms with E-state index in [0.717, 1.165) is 9.86 Å². The molecule has 0 saturated carbocycles. The number of rotatable bonds is 3. The highest BCUT2D eigenvalue weighted by Gasteiger charge is 2.13. The van der Waals surface area contributed by atoms with Crippen molar-refractivity contribution in [1.29, 1.82) is 0 Å². The van der Waals surface area contributed by atoms with E-state index in [9.17, 15) is 9.59 Å². The Hall–Kier alpha value is -3.19. The summed E-state index contributed by atoms with van der Waals surface area (Å²) in [6, 6.07) is 15.8. The highest BCUT2D eigenvalue weighted by molar-refractivity contribution is 9.10. The number of aromatic amines is 1. The zero-order valence-corrected chi connectivity index (χ0v) is 15.8. The van der Waals surface area contributed by atoms with E-state index in [1.165, 1.54) is 6.07 Å². The van der Waals surface area contributed by atoms with E-state index in [1.54, 1.807) is 37.3 Å². The molecule has 0 radical (unpaired) electrons. The van der Waals surface area contributed by atoms with E-state index in [1.807, 2.05) is 18.2 Å². The number of anilines is 1. The third-order valence-corrected chi connectivity index (χ3v) is 4.46. The number of nitrogens with one attached hydrogen (secondary N) is 2. The van der Waals surface area contributed by atoms with Gasteiger partial charge in [0, 0.05) is 32.9 Å². The molecule has 0 unspecified atom stereocenters. The molecule has 0 spiro atoms. The molecule has 7 heteroatoms. The van der Waals surface area contributed by atoms with E-state index >= 15 is 0 Å². The van der Waals surface area contributed by atoms with Gasteiger partial charge in [0.05, 0.1) is 0 Å². The van der Waals surface area contributed by atoms with E-state index in [-0.39, 0.29) is 17.2 Å². The first-order valence-electron chi connectivity index (χ1n) is 8.17. The number of nitrogens with zero attached hydrogens (tertiary/aromatic N) is 1. The van der Waals surface area contributed by atoms with Crippen LogP contribution in [0.25, 0.3) is 22.4 Å². The number of halogens is 1. The number of benzene rings is 2. The molecule has 0 saturated heterocycles. The third-order valence-electron chi connectivity index (χ3n) is 3.97. The van der Waals surface area contributed by atoms with Crippen LogP contribution in [0, 0.1) is 6.92 Å². The molecule has 2 aromatic heterocycles. The van der Waals surface area contributed by atoms with Crippen molar-refractivity contribution in [3.8, 4) is 11.4 Å². The fourth-order valence-electron chi connectivity index (χ4n) is 2.78. The lowest BCUT2D eigenvalue weighted by Gasteiger charge is -2.06. The number of aryl methyl sites for hydroxylation is 1. The molecule has 0 aliphatic heterocycles. The minimum Gasteiger partial charge on any atom is -0.451 e. The second kappa shape index (κ2) is 6.85. The molecular formula is C20H14BrN3O3. The van der Waals surface area contributed by atoms with Crippen molar-refractivity contribution in [3.05, 3.63) is 80.9 Å². The van der Waals surface area contributed by atoms with Crippen LogP contribution in [0.3, 0.4) is 0 Å². The van der Waals surface area contributed by atoms with Crippen molar-refractivity contribution in [2.75, 3.05) is 5.32 Å². The van der Waals surface area contributed by atoms with Crippen molar-refractivity contribution < 1.29 is 9.21 Å². The smallest absolute Gasteiger partial charge is 0.291 e. The summed E-state index contributed by atoms with van der Waals surface area (Å²) >= 11 is 3.40. The molecule has 2 N–H and O–H groups in total. The van der Waals surface area contributed by atoms with Crippen LogP contribution in [0.5, 0.6) is 0 Å². The lowest BCUT2D eigenvalue weighted by Crippen LogP contribution is -2.11. The first-order chi connectivity index (χ1) is 13.0. The van der Waals surface area contributed by atoms with Crippen LogP contribution < -0.4 is 10.9 Å². The standard InChI is InChI=1S/C20H14BrN3O3/c1-11-7-18(25)24-19(22-11)12-3-2-4-15(9-12)23-20(26)17-10-13-8-14(21)5-6-16(13)27-17/h2-10H,1H3,(H,23,26)(H,22,24,25). The average molecular weight is 424 g/mol. The van der Waals surface area contributed by atoms with Gasteiger partial charge in [-0.2, -0.15) is 0 Å². The molecule has 0 atom stereocenters. The molecule has 0 bridgehead atoms. The predicted octanol–water partition coefficient (Wildman–Crippen LogP) is 4.51. The van der Waals surface area contributed by atoms with Crippen LogP contribution in [0.2, 0.25) is 0 Å². The van der Waals surface area contributed by atoms with Crippen molar-refractivity contribution in [2.45, 2.75) is 6.92 Å². The summed E-state index contributed by atoms with van der Waals surface area (Å²) < 4.78 is 6.52. The Morgan fingerprint density at radius 1 is 1.15 bits per heavy atom. The number of amides is 1. The monoisotopic (exact) mass is 423 g/mol. The van der Waals surface area contributed by atoms with Gasteiger partial charge >= 0.3 is 0 Å². The van der Waals surface area contributed by atoms with Crippen LogP contribution >= 0.6 is 15.9 Å². The van der Waals surface area contributed by atoms with Crippen molar-refractivity contribution >= 4 is 38.5 Å². The maximum Gasteiger partial charge on any atom is 0.291 e. The number of hydrogen-bond donors (Lipinski definition) is 2. The fraction of sp³-hybridized carbons (Fsp3) is 0.0500. The molecule has 2 aromatic carbocycles. The van der Waals surface area contributed by atoms with Crippen LogP contribution in [-0.2, 0) is 0 Å². The summed E-state index contributed by atoms with van der Waals surface area (Å²) in [5.74, 6) is 0.311. The van der Waals surface area contributed by atoms with Gasteiger partial charge < -0.3 is 14.7 Å². The van der Waals surface area contributed by atoms with Gasteiger partial charge in [-0.05, 0) is 43.3 Å². The summed E-state index contributed by atoms with van der Waals surface area (Å²) in [4.78, 5) is 31.2. The number of hydrogen-bond acceptors (Lipinski definition) is 4. The number of fused-ring (bicyclic) bond motifs is 1. The normalized spacial score (nSPS) is 10.9. The fourth-order valence-corrected chi connectivity index (χ4v) is 3.16. The third kappa shape index (κ3) is 3.68. The van der Waals surface area contributed by atoms with Gasteiger partial charge in [-0.1, -0.05) is 28.1 Å². The first kappa shape index (κ1) is 17.2. The van der Waals surface area contributed by atoms with Crippen molar-refractivity contribution in [3.63, 3.8) is 0 Å². The highest BCUT2D eigenvalue weighted by Crippen LogP contribution is 2.24. The lowest BCUT2D eigenvalue weighted by molar-refractivity contribution is 0.0998. The molecule has 0 aliphatic rings. The molecule has 6 nitrogen and oxygen atoms in total. The summed E-state index contributed by atoms with van der Waals surface area (Å²) in [6.07, 6.45) is 0. The largest absolute Gasteiger partial charge is 0.451 e. The zero-order valence-electron chi connectivity index (χ0n) is 14.2. The number of aromatic nitrogens is 2. The molecule has 27 heavy (non-hydrogen) atoms. The van der Waals surface area contributed by atoms with Gasteiger partial charge in [0.15, 0.2) is 5.76 Å². The van der Waals surface area contributed by atoms with Crippen LogP contribution in [0.4, 0.5) is 5.69 Å². The SMILES string of the molecule is Cc1cc(=O)[nH]c(-c2cccc(NC(=O)c3cc4cc(Br)ccc4o3)c2)n1. The molecule has 0 fully saturated rings. The van der Waals surface area contributed by atoms with Gasteiger partial charge in [0.25, 0.3) is 11.5 Å². The van der Waals surface area contributed by atoms with Gasteiger partial charge in [0.2, 0.25) is 0 Å². The van der Waals surface area contributed by atoms with Crippen molar-refractivity contribution in [1.82, 2.24) is 9.97 Å². The topological polar surface area (TPSA) is 88.0 Å². The Balaban J connectivity index is 1.62. The van der Waals surface area contributed by atoms with E-state index in [2.05, 4.69) is 31.2 Å². The Labute approximate surface area is 162 Å². The summed E-state index contributed by atoms with van der Waals surface area (Å²) in [5.41, 5.74) is 2.31. The first-order valence-corrected chi connectivity index (χ1v) is 8.96. The summed E-state index contributed by atoms with van der Waals surface area (Å²) in [5, 5.41) is 3.65. The predicted molar refractivity (Wildman–Crippen MR) is 107 cm³/mol. The van der Waals surface area contributed by atoms with Gasteiger partial charge in [-0.15, -0.1) is 0 Å². The van der Waals surface area contributed by atoms with Gasteiger partial charge in [0.1, 0.15) is 11.4 Å². The van der Waals surface area contributed by atoms with Crippen LogP contribution in [0.15, 0.2) is 68.3 Å². The quantitative estimate of drug-likeness (QED) is 0.507. The minimum atomic E-state index is -0.356. The molecule has 2 heterocycles. The lowest BCUT2D eigenvalue weighted by atomic mass is 10.2. The van der Waals surface area contributed by atoms with E-state index < -0.39 is 0 Å². The van der Waals surface area contributed by atoms with Crippen molar-refractivity contribution in [2.24, 2.45) is 0 Å². The number of carbonyl (C=O) groups is 1. The van der Waals surface area contributed by atoms with Crippen LogP contribution in [-0.4, -0.2) is 15.9 Å². The number of carbonyl (C=O) groups excluding carboxylic acids is 1. The summed E-state index contributed by atoms with van der Waals surface area (Å²) in [7, 11) is 0. The molecule has 4 rings (SSSR count).